The summed E-state index contributed by atoms with van der Waals surface area (Å²) in [5.74, 6) is 0. The first-order valence-electron chi connectivity index (χ1n) is 5.30. The van der Waals surface area contributed by atoms with E-state index in [0.717, 1.165) is 6.42 Å². The minimum absolute atomic E-state index is 0.145. The fourth-order valence-corrected chi connectivity index (χ4v) is 1.96. The van der Waals surface area contributed by atoms with Crippen LogP contribution in [0.25, 0.3) is 0 Å². The molecule has 0 bridgehead atoms. The Morgan fingerprint density at radius 3 is 2.00 bits per heavy atom. The molecule has 0 amide bonds. The summed E-state index contributed by atoms with van der Waals surface area (Å²) in [7, 11) is 0. The van der Waals surface area contributed by atoms with Gasteiger partial charge in [0.25, 0.3) is 0 Å². The third kappa shape index (κ3) is 2.72. The molecule has 0 aromatic carbocycles. The molecule has 1 unspecified atom stereocenters. The smallest absolute Gasteiger partial charge is 0.0627 e. The van der Waals surface area contributed by atoms with Crippen LogP contribution in [0.2, 0.25) is 0 Å². The molecule has 0 aromatic rings. The standard InChI is InChI=1S/C12H23N/c1-6-8-12(5,7-2)11(3,4)9-10-13/h6-9H2,1-5H3. The van der Waals surface area contributed by atoms with E-state index in [1.807, 2.05) is 0 Å². The second-order valence-corrected chi connectivity index (χ2v) is 4.88. The minimum atomic E-state index is 0.145. The van der Waals surface area contributed by atoms with Crippen molar-refractivity contribution in [2.45, 2.75) is 60.3 Å². The first-order chi connectivity index (χ1) is 5.93. The molecule has 1 atom stereocenters. The third-order valence-corrected chi connectivity index (χ3v) is 3.74. The van der Waals surface area contributed by atoms with E-state index in [0.29, 0.717) is 11.8 Å². The lowest BCUT2D eigenvalue weighted by Crippen LogP contribution is -2.34. The Balaban J connectivity index is 4.63. The van der Waals surface area contributed by atoms with Crippen LogP contribution in [0.3, 0.4) is 0 Å². The zero-order chi connectivity index (χ0) is 10.5. The molecule has 0 saturated carbocycles. The SMILES string of the molecule is CCCC(C)(CC)C(C)(C)CC#N. The van der Waals surface area contributed by atoms with Crippen LogP contribution >= 0.6 is 0 Å². The van der Waals surface area contributed by atoms with Gasteiger partial charge in [0, 0.05) is 6.42 Å². The van der Waals surface area contributed by atoms with Crippen molar-refractivity contribution in [1.82, 2.24) is 0 Å². The first kappa shape index (κ1) is 12.5. The highest BCUT2D eigenvalue weighted by molar-refractivity contribution is 4.94. The summed E-state index contributed by atoms with van der Waals surface area (Å²) < 4.78 is 0. The van der Waals surface area contributed by atoms with Gasteiger partial charge in [-0.2, -0.15) is 5.26 Å². The molecule has 0 spiro atoms. The molecule has 0 heterocycles. The largest absolute Gasteiger partial charge is 0.198 e. The Hall–Kier alpha value is -0.510. The summed E-state index contributed by atoms with van der Waals surface area (Å²) >= 11 is 0. The molecule has 0 aliphatic heterocycles. The van der Waals surface area contributed by atoms with Gasteiger partial charge in [0.2, 0.25) is 0 Å². The van der Waals surface area contributed by atoms with Crippen molar-refractivity contribution in [2.24, 2.45) is 10.8 Å². The van der Waals surface area contributed by atoms with Gasteiger partial charge >= 0.3 is 0 Å². The topological polar surface area (TPSA) is 23.8 Å². The average molecular weight is 181 g/mol. The monoisotopic (exact) mass is 181 g/mol. The number of nitrogens with zero attached hydrogens (tertiary/aromatic N) is 1. The fourth-order valence-electron chi connectivity index (χ4n) is 1.96. The van der Waals surface area contributed by atoms with Gasteiger partial charge in [-0.25, -0.2) is 0 Å². The lowest BCUT2D eigenvalue weighted by atomic mass is 9.61. The van der Waals surface area contributed by atoms with Crippen molar-refractivity contribution in [3.63, 3.8) is 0 Å². The van der Waals surface area contributed by atoms with E-state index in [9.17, 15) is 0 Å². The van der Waals surface area contributed by atoms with Crippen LogP contribution in [0.4, 0.5) is 0 Å². The van der Waals surface area contributed by atoms with Crippen LogP contribution in [-0.4, -0.2) is 0 Å². The van der Waals surface area contributed by atoms with E-state index in [-0.39, 0.29) is 5.41 Å². The van der Waals surface area contributed by atoms with Crippen molar-refractivity contribution in [1.29, 1.82) is 5.26 Å². The molecule has 0 aromatic heterocycles. The quantitative estimate of drug-likeness (QED) is 0.625. The zero-order valence-corrected chi connectivity index (χ0v) is 9.78. The molecule has 0 fully saturated rings. The zero-order valence-electron chi connectivity index (χ0n) is 9.78. The molecule has 0 saturated heterocycles. The highest BCUT2D eigenvalue weighted by atomic mass is 14.4. The molecule has 13 heavy (non-hydrogen) atoms. The van der Waals surface area contributed by atoms with E-state index < -0.39 is 0 Å². The molecule has 1 heteroatoms. The van der Waals surface area contributed by atoms with Crippen LogP contribution in [0, 0.1) is 22.2 Å². The fraction of sp³-hybridized carbons (Fsp3) is 0.917. The Morgan fingerprint density at radius 2 is 1.69 bits per heavy atom. The maximum absolute atomic E-state index is 8.78. The van der Waals surface area contributed by atoms with Crippen LogP contribution in [0.1, 0.15) is 60.3 Å². The van der Waals surface area contributed by atoms with Gasteiger partial charge in [0.05, 0.1) is 6.07 Å². The van der Waals surface area contributed by atoms with Gasteiger partial charge in [0.1, 0.15) is 0 Å². The van der Waals surface area contributed by atoms with Crippen LogP contribution in [0.15, 0.2) is 0 Å². The van der Waals surface area contributed by atoms with E-state index >= 15 is 0 Å². The number of hydrogen-bond acceptors (Lipinski definition) is 1. The molecular weight excluding hydrogens is 158 g/mol. The third-order valence-electron chi connectivity index (χ3n) is 3.74. The predicted molar refractivity (Wildman–Crippen MR) is 57.3 cm³/mol. The minimum Gasteiger partial charge on any atom is -0.198 e. The van der Waals surface area contributed by atoms with Crippen LogP contribution in [-0.2, 0) is 0 Å². The van der Waals surface area contributed by atoms with E-state index in [2.05, 4.69) is 40.7 Å². The van der Waals surface area contributed by atoms with Gasteiger partial charge in [-0.1, -0.05) is 47.5 Å². The second-order valence-electron chi connectivity index (χ2n) is 4.88. The molecule has 0 N–H and O–H groups in total. The number of nitriles is 1. The summed E-state index contributed by atoms with van der Waals surface area (Å²) in [5, 5.41) is 8.78. The predicted octanol–water partition coefficient (Wildman–Crippen LogP) is 4.14. The molecule has 76 valence electrons. The summed E-state index contributed by atoms with van der Waals surface area (Å²) in [4.78, 5) is 0. The lowest BCUT2D eigenvalue weighted by molar-refractivity contribution is 0.0756. The Kier molecular flexibility index (Phi) is 4.47. The first-order valence-corrected chi connectivity index (χ1v) is 5.30. The summed E-state index contributed by atoms with van der Waals surface area (Å²) in [6.45, 7) is 11.2. The van der Waals surface area contributed by atoms with Gasteiger partial charge in [-0.05, 0) is 17.3 Å². The van der Waals surface area contributed by atoms with Crippen molar-refractivity contribution < 1.29 is 0 Å². The Bertz CT molecular complexity index is 188. The Labute approximate surface area is 83.1 Å². The summed E-state index contributed by atoms with van der Waals surface area (Å²) in [5.41, 5.74) is 0.462. The maximum Gasteiger partial charge on any atom is 0.0627 e. The van der Waals surface area contributed by atoms with Crippen molar-refractivity contribution >= 4 is 0 Å². The van der Waals surface area contributed by atoms with E-state index in [4.69, 9.17) is 5.26 Å². The van der Waals surface area contributed by atoms with Gasteiger partial charge in [0.15, 0.2) is 0 Å². The Morgan fingerprint density at radius 1 is 1.15 bits per heavy atom. The van der Waals surface area contributed by atoms with E-state index in [1.165, 1.54) is 12.8 Å². The normalized spacial score (nSPS) is 16.3. The molecule has 0 aliphatic carbocycles. The van der Waals surface area contributed by atoms with Gasteiger partial charge in [-0.3, -0.25) is 0 Å². The van der Waals surface area contributed by atoms with Gasteiger partial charge in [-0.15, -0.1) is 0 Å². The highest BCUT2D eigenvalue weighted by Gasteiger charge is 2.38. The molecule has 0 aliphatic rings. The molecule has 1 nitrogen and oxygen atoms in total. The average Bonchev–Trinajstić information content (AvgIpc) is 2.04. The van der Waals surface area contributed by atoms with Crippen molar-refractivity contribution in [3.05, 3.63) is 0 Å². The second kappa shape index (κ2) is 4.65. The maximum atomic E-state index is 8.78. The molecule has 0 rings (SSSR count). The molecule has 0 radical (unpaired) electrons. The lowest BCUT2D eigenvalue weighted by Gasteiger charge is -2.43. The number of hydrogen-bond donors (Lipinski definition) is 0. The summed E-state index contributed by atoms with van der Waals surface area (Å²) in [6, 6.07) is 2.31. The van der Waals surface area contributed by atoms with E-state index in [1.54, 1.807) is 0 Å². The molecular formula is C12H23N. The van der Waals surface area contributed by atoms with Crippen LogP contribution in [0.5, 0.6) is 0 Å². The summed E-state index contributed by atoms with van der Waals surface area (Å²) in [6.07, 6.45) is 4.25. The van der Waals surface area contributed by atoms with Crippen molar-refractivity contribution in [2.75, 3.05) is 0 Å². The highest BCUT2D eigenvalue weighted by Crippen LogP contribution is 2.47. The number of rotatable bonds is 5. The van der Waals surface area contributed by atoms with Gasteiger partial charge < -0.3 is 0 Å². The van der Waals surface area contributed by atoms with Crippen LogP contribution < -0.4 is 0 Å². The van der Waals surface area contributed by atoms with Crippen molar-refractivity contribution in [3.8, 4) is 6.07 Å².